The molecule has 6 nitrogen and oxygen atoms in total. The number of benzene rings is 1. The number of anilines is 1. The zero-order valence-corrected chi connectivity index (χ0v) is 16.3. The van der Waals surface area contributed by atoms with E-state index in [-0.39, 0.29) is 5.75 Å². The van der Waals surface area contributed by atoms with Gasteiger partial charge >= 0.3 is 0 Å². The van der Waals surface area contributed by atoms with Crippen molar-refractivity contribution >= 4 is 43.8 Å². The number of carbonyl (C=O) groups excluding carboxylic acids is 1. The Kier molecular flexibility index (Phi) is 7.34. The van der Waals surface area contributed by atoms with Crippen molar-refractivity contribution in [3.8, 4) is 0 Å². The third-order valence-electron chi connectivity index (χ3n) is 3.36. The largest absolute Gasteiger partial charge is 0.300 e. The van der Waals surface area contributed by atoms with E-state index in [1.54, 1.807) is 24.3 Å². The smallest absolute Gasteiger partial charge is 0.241 e. The number of amides is 1. The molecule has 0 aliphatic rings. The molecule has 0 fully saturated rings. The molecule has 0 saturated heterocycles. The molecule has 1 N–H and O–H groups in total. The summed E-state index contributed by atoms with van der Waals surface area (Å²) in [4.78, 5) is 12.0. The number of unbranched alkanes of at least 4 members (excludes halogenated alkanes) is 2. The molecule has 25 heavy (non-hydrogen) atoms. The number of halogens is 1. The summed E-state index contributed by atoms with van der Waals surface area (Å²) in [5, 5.41) is 12.1. The molecule has 0 saturated carbocycles. The zero-order valence-electron chi connectivity index (χ0n) is 13.9. The lowest BCUT2D eigenvalue weighted by molar-refractivity contribution is -0.113. The van der Waals surface area contributed by atoms with E-state index in [2.05, 4.69) is 22.4 Å². The molecule has 0 atom stereocenters. The van der Waals surface area contributed by atoms with Crippen LogP contribution in [0.5, 0.6) is 0 Å². The van der Waals surface area contributed by atoms with Crippen LogP contribution in [0.2, 0.25) is 5.02 Å². The quantitative estimate of drug-likeness (QED) is 0.649. The molecular weight excluding hydrogens is 382 g/mol. The van der Waals surface area contributed by atoms with Crippen molar-refractivity contribution in [2.75, 3.05) is 11.1 Å². The van der Waals surface area contributed by atoms with E-state index in [1.807, 2.05) is 0 Å². The van der Waals surface area contributed by atoms with Gasteiger partial charge in [-0.1, -0.05) is 54.8 Å². The minimum absolute atomic E-state index is 0.212. The third-order valence-corrected chi connectivity index (χ3v) is 5.98. The first-order valence-electron chi connectivity index (χ1n) is 7.95. The number of nitrogens with one attached hydrogen (secondary N) is 1. The van der Waals surface area contributed by atoms with Crippen LogP contribution >= 0.6 is 22.9 Å². The number of aromatic nitrogens is 2. The maximum absolute atomic E-state index is 12.1. The average Bonchev–Trinajstić information content (AvgIpc) is 2.96. The van der Waals surface area contributed by atoms with E-state index >= 15 is 0 Å². The summed E-state index contributed by atoms with van der Waals surface area (Å²) in [5.74, 6) is -1.42. The van der Waals surface area contributed by atoms with Crippen molar-refractivity contribution in [3.05, 3.63) is 39.9 Å². The molecule has 9 heteroatoms. The Labute approximate surface area is 156 Å². The molecule has 1 aromatic carbocycles. The molecule has 1 heterocycles. The van der Waals surface area contributed by atoms with Gasteiger partial charge in [0, 0.05) is 11.4 Å². The van der Waals surface area contributed by atoms with Crippen LogP contribution in [0.4, 0.5) is 5.13 Å². The third kappa shape index (κ3) is 7.09. The van der Waals surface area contributed by atoms with E-state index in [4.69, 9.17) is 11.6 Å². The highest BCUT2D eigenvalue weighted by Gasteiger charge is 2.19. The van der Waals surface area contributed by atoms with Crippen LogP contribution in [0, 0.1) is 0 Å². The van der Waals surface area contributed by atoms with Gasteiger partial charge in [0.15, 0.2) is 9.84 Å². The predicted octanol–water partition coefficient (Wildman–Crippen LogP) is 3.48. The Morgan fingerprint density at radius 1 is 1.20 bits per heavy atom. The monoisotopic (exact) mass is 401 g/mol. The number of hydrogen-bond acceptors (Lipinski definition) is 6. The van der Waals surface area contributed by atoms with E-state index in [9.17, 15) is 13.2 Å². The number of sulfone groups is 1. The molecule has 0 bridgehead atoms. The zero-order chi connectivity index (χ0) is 18.3. The van der Waals surface area contributed by atoms with Gasteiger partial charge in [-0.2, -0.15) is 0 Å². The Balaban J connectivity index is 1.87. The minimum atomic E-state index is -3.58. The molecular formula is C16H20ClN3O3S2. The Morgan fingerprint density at radius 2 is 1.92 bits per heavy atom. The van der Waals surface area contributed by atoms with Crippen LogP contribution in [0.15, 0.2) is 24.3 Å². The molecule has 0 radical (unpaired) electrons. The highest BCUT2D eigenvalue weighted by Crippen LogP contribution is 2.18. The lowest BCUT2D eigenvalue weighted by Gasteiger charge is -2.04. The van der Waals surface area contributed by atoms with Crippen molar-refractivity contribution < 1.29 is 13.2 Å². The summed E-state index contributed by atoms with van der Waals surface area (Å²) in [6.07, 6.45) is 4.07. The first kappa shape index (κ1) is 19.8. The maximum Gasteiger partial charge on any atom is 0.241 e. The molecule has 0 spiro atoms. The molecule has 0 aliphatic heterocycles. The Bertz CT molecular complexity index is 804. The van der Waals surface area contributed by atoms with Gasteiger partial charge < -0.3 is 0 Å². The molecule has 0 unspecified atom stereocenters. The van der Waals surface area contributed by atoms with E-state index in [1.165, 1.54) is 11.3 Å². The lowest BCUT2D eigenvalue weighted by Crippen LogP contribution is -2.23. The van der Waals surface area contributed by atoms with Gasteiger partial charge in [-0.05, 0) is 24.1 Å². The number of nitrogens with zero attached hydrogens (tertiary/aromatic N) is 2. The lowest BCUT2D eigenvalue weighted by atomic mass is 10.2. The molecule has 136 valence electrons. The second-order valence-corrected chi connectivity index (χ2v) is 9.23. The molecule has 1 amide bonds. The van der Waals surface area contributed by atoms with Crippen LogP contribution in [0.1, 0.15) is 36.8 Å². The average molecular weight is 402 g/mol. The van der Waals surface area contributed by atoms with Gasteiger partial charge in [-0.15, -0.1) is 10.2 Å². The van der Waals surface area contributed by atoms with Crippen molar-refractivity contribution in [3.63, 3.8) is 0 Å². The van der Waals surface area contributed by atoms with Gasteiger partial charge in [0.05, 0.1) is 5.75 Å². The van der Waals surface area contributed by atoms with Crippen LogP contribution in [-0.4, -0.2) is 30.3 Å². The number of aryl methyl sites for hydroxylation is 1. The molecule has 0 aliphatic carbocycles. The van der Waals surface area contributed by atoms with E-state index in [0.29, 0.717) is 15.7 Å². The van der Waals surface area contributed by atoms with Gasteiger partial charge in [0.25, 0.3) is 0 Å². The molecule has 2 aromatic rings. The normalized spacial score (nSPS) is 11.4. The SMILES string of the molecule is CCCCCc1nnc(NC(=O)CS(=O)(=O)Cc2ccc(Cl)cc2)s1. The summed E-state index contributed by atoms with van der Waals surface area (Å²) in [7, 11) is -3.58. The first-order valence-corrected chi connectivity index (χ1v) is 11.0. The van der Waals surface area contributed by atoms with Crippen molar-refractivity contribution in [2.24, 2.45) is 0 Å². The van der Waals surface area contributed by atoms with E-state index < -0.39 is 21.5 Å². The van der Waals surface area contributed by atoms with Gasteiger partial charge in [0.1, 0.15) is 10.8 Å². The van der Waals surface area contributed by atoms with Gasteiger partial charge in [-0.25, -0.2) is 8.42 Å². The number of carbonyl (C=O) groups is 1. The van der Waals surface area contributed by atoms with Crippen LogP contribution in [0.25, 0.3) is 0 Å². The standard InChI is InChI=1S/C16H20ClN3O3S2/c1-2-3-4-5-15-19-20-16(24-15)18-14(21)11-25(22,23)10-12-6-8-13(17)9-7-12/h6-9H,2-5,10-11H2,1H3,(H,18,20,21). The van der Waals surface area contributed by atoms with Gasteiger partial charge in [-0.3, -0.25) is 10.1 Å². The predicted molar refractivity (Wildman–Crippen MR) is 101 cm³/mol. The highest BCUT2D eigenvalue weighted by molar-refractivity contribution is 7.91. The Hall–Kier alpha value is -1.51. The summed E-state index contributed by atoms with van der Waals surface area (Å²) in [5.41, 5.74) is 0.589. The van der Waals surface area contributed by atoms with Crippen LogP contribution < -0.4 is 5.32 Å². The van der Waals surface area contributed by atoms with Crippen LogP contribution in [0.3, 0.4) is 0 Å². The van der Waals surface area contributed by atoms with Crippen molar-refractivity contribution in [2.45, 2.75) is 38.4 Å². The number of hydrogen-bond donors (Lipinski definition) is 1. The number of rotatable bonds is 9. The molecule has 1 aromatic heterocycles. The summed E-state index contributed by atoms with van der Waals surface area (Å²) < 4.78 is 24.3. The fourth-order valence-electron chi connectivity index (χ4n) is 2.17. The topological polar surface area (TPSA) is 89.0 Å². The maximum atomic E-state index is 12.1. The molecule has 2 rings (SSSR count). The summed E-state index contributed by atoms with van der Waals surface area (Å²) in [6.45, 7) is 2.12. The van der Waals surface area contributed by atoms with Crippen LogP contribution in [-0.2, 0) is 26.8 Å². The second kappa shape index (κ2) is 9.26. The minimum Gasteiger partial charge on any atom is -0.300 e. The fourth-order valence-corrected chi connectivity index (χ4v) is 4.37. The highest BCUT2D eigenvalue weighted by atomic mass is 35.5. The van der Waals surface area contributed by atoms with Crippen molar-refractivity contribution in [1.29, 1.82) is 0 Å². The fraction of sp³-hybridized carbons (Fsp3) is 0.438. The summed E-state index contributed by atoms with van der Waals surface area (Å²) >= 11 is 7.05. The summed E-state index contributed by atoms with van der Waals surface area (Å²) in [6, 6.07) is 6.50. The Morgan fingerprint density at radius 3 is 2.60 bits per heavy atom. The second-order valence-electron chi connectivity index (χ2n) is 5.66. The van der Waals surface area contributed by atoms with E-state index in [0.717, 1.165) is 30.7 Å². The first-order chi connectivity index (χ1) is 11.9. The van der Waals surface area contributed by atoms with Gasteiger partial charge in [0.2, 0.25) is 11.0 Å². The van der Waals surface area contributed by atoms with Crippen molar-refractivity contribution in [1.82, 2.24) is 10.2 Å².